The predicted molar refractivity (Wildman–Crippen MR) is 75.5 cm³/mol. The van der Waals surface area contributed by atoms with Crippen molar-refractivity contribution in [2.45, 2.75) is 10.4 Å². The Kier molecular flexibility index (Phi) is 3.28. The number of halogens is 1. The number of hydrogen-bond acceptors (Lipinski definition) is 3. The molecule has 1 atom stereocenters. The second kappa shape index (κ2) is 5.09. The van der Waals surface area contributed by atoms with Crippen LogP contribution in [0.25, 0.3) is 0 Å². The van der Waals surface area contributed by atoms with Gasteiger partial charge in [-0.2, -0.15) is 0 Å². The molecular weight excluding hydrogens is 277 g/mol. The third-order valence-corrected chi connectivity index (χ3v) is 3.98. The van der Waals surface area contributed by atoms with Crippen molar-refractivity contribution >= 4 is 29.3 Å². The summed E-state index contributed by atoms with van der Waals surface area (Å²) in [5.74, 6) is -1.34. The normalized spacial score (nSPS) is 17.8. The highest BCUT2D eigenvalue weighted by Crippen LogP contribution is 2.40. The van der Waals surface area contributed by atoms with Gasteiger partial charge in [0.05, 0.1) is 5.69 Å². The van der Waals surface area contributed by atoms with E-state index in [0.29, 0.717) is 16.1 Å². The van der Waals surface area contributed by atoms with Gasteiger partial charge in [0.25, 0.3) is 11.8 Å². The molecule has 100 valence electrons. The van der Waals surface area contributed by atoms with Crippen LogP contribution in [0.4, 0.5) is 10.1 Å². The van der Waals surface area contributed by atoms with Crippen LogP contribution in [0.3, 0.4) is 0 Å². The Labute approximate surface area is 119 Å². The zero-order valence-electron chi connectivity index (χ0n) is 10.3. The lowest BCUT2D eigenvalue weighted by Gasteiger charge is -2.28. The first-order valence-corrected chi connectivity index (χ1v) is 6.89. The van der Waals surface area contributed by atoms with Crippen molar-refractivity contribution < 1.29 is 14.0 Å². The maximum absolute atomic E-state index is 13.8. The summed E-state index contributed by atoms with van der Waals surface area (Å²) in [4.78, 5) is 26.0. The van der Waals surface area contributed by atoms with Crippen LogP contribution in [0.1, 0.15) is 10.4 Å². The molecule has 1 aliphatic heterocycles. The van der Waals surface area contributed by atoms with Gasteiger partial charge in [0.2, 0.25) is 5.50 Å². The number of nitrogens with zero attached hydrogens (tertiary/aromatic N) is 1. The Hall–Kier alpha value is -2.14. The Morgan fingerprint density at radius 3 is 2.45 bits per heavy atom. The average Bonchev–Trinajstić information content (AvgIpc) is 2.49. The highest BCUT2D eigenvalue weighted by molar-refractivity contribution is 8.00. The fourth-order valence-corrected chi connectivity index (χ4v) is 2.91. The fraction of sp³-hybridized carbons (Fsp3) is 0.0667. The van der Waals surface area contributed by atoms with E-state index in [9.17, 15) is 14.0 Å². The fourth-order valence-electron chi connectivity index (χ4n) is 2.04. The van der Waals surface area contributed by atoms with Gasteiger partial charge in [0, 0.05) is 10.5 Å². The van der Waals surface area contributed by atoms with Gasteiger partial charge in [-0.25, -0.2) is 9.29 Å². The van der Waals surface area contributed by atoms with Crippen molar-refractivity contribution in [3.8, 4) is 0 Å². The molecule has 0 fully saturated rings. The molecule has 0 aliphatic carbocycles. The number of para-hydroxylation sites is 1. The summed E-state index contributed by atoms with van der Waals surface area (Å²) in [5.41, 5.74) is -0.961. The Balaban J connectivity index is 2.08. The molecule has 0 saturated heterocycles. The molecule has 0 radical (unpaired) electrons. The zero-order valence-corrected chi connectivity index (χ0v) is 11.1. The van der Waals surface area contributed by atoms with Crippen molar-refractivity contribution in [3.05, 3.63) is 60.2 Å². The standard InChI is InChI=1S/C15H10FNO2S/c16-13-15(19)17(11-8-4-5-9-12(11)20-13)14(18)10-6-2-1-3-7-10/h1-9,13H. The highest BCUT2D eigenvalue weighted by Gasteiger charge is 2.37. The Bertz CT molecular complexity index is 675. The van der Waals surface area contributed by atoms with Crippen molar-refractivity contribution in [2.24, 2.45) is 0 Å². The molecule has 1 aliphatic rings. The van der Waals surface area contributed by atoms with Crippen LogP contribution < -0.4 is 4.90 Å². The van der Waals surface area contributed by atoms with E-state index in [2.05, 4.69) is 0 Å². The molecule has 3 rings (SSSR count). The second-order valence-corrected chi connectivity index (χ2v) is 5.34. The van der Waals surface area contributed by atoms with Gasteiger partial charge < -0.3 is 0 Å². The number of carbonyl (C=O) groups excluding carboxylic acids is 2. The van der Waals surface area contributed by atoms with E-state index in [-0.39, 0.29) is 0 Å². The second-order valence-electron chi connectivity index (χ2n) is 4.25. The Morgan fingerprint density at radius 2 is 1.70 bits per heavy atom. The third-order valence-electron chi connectivity index (χ3n) is 2.97. The van der Waals surface area contributed by atoms with Crippen LogP contribution in [0.2, 0.25) is 0 Å². The van der Waals surface area contributed by atoms with Crippen molar-refractivity contribution in [1.82, 2.24) is 0 Å². The quantitative estimate of drug-likeness (QED) is 0.755. The molecule has 2 aromatic rings. The summed E-state index contributed by atoms with van der Waals surface area (Å²) in [5, 5.41) is 0. The summed E-state index contributed by atoms with van der Waals surface area (Å²) in [6.07, 6.45) is 0. The minimum absolute atomic E-state index is 0.356. The van der Waals surface area contributed by atoms with Crippen LogP contribution >= 0.6 is 11.8 Å². The number of carbonyl (C=O) groups is 2. The molecule has 2 aromatic carbocycles. The number of rotatable bonds is 1. The maximum Gasteiger partial charge on any atom is 0.279 e. The van der Waals surface area contributed by atoms with Crippen molar-refractivity contribution in [1.29, 1.82) is 0 Å². The van der Waals surface area contributed by atoms with Crippen LogP contribution in [0.5, 0.6) is 0 Å². The Morgan fingerprint density at radius 1 is 1.05 bits per heavy atom. The van der Waals surface area contributed by atoms with Gasteiger partial charge >= 0.3 is 0 Å². The SMILES string of the molecule is O=C(c1ccccc1)N1C(=O)C(F)Sc2ccccc21. The van der Waals surface area contributed by atoms with Gasteiger partial charge in [0.1, 0.15) is 0 Å². The number of benzene rings is 2. The van der Waals surface area contributed by atoms with E-state index in [1.54, 1.807) is 54.6 Å². The number of thioether (sulfide) groups is 1. The molecule has 2 amide bonds. The van der Waals surface area contributed by atoms with E-state index in [0.717, 1.165) is 16.7 Å². The van der Waals surface area contributed by atoms with Crippen LogP contribution in [0.15, 0.2) is 59.5 Å². The lowest BCUT2D eigenvalue weighted by atomic mass is 10.1. The lowest BCUT2D eigenvalue weighted by Crippen LogP contribution is -2.43. The van der Waals surface area contributed by atoms with Gasteiger partial charge in [0.15, 0.2) is 0 Å². The number of imide groups is 1. The molecule has 0 N–H and O–H groups in total. The van der Waals surface area contributed by atoms with E-state index < -0.39 is 17.3 Å². The molecule has 0 spiro atoms. The van der Waals surface area contributed by atoms with E-state index >= 15 is 0 Å². The summed E-state index contributed by atoms with van der Waals surface area (Å²) in [6.45, 7) is 0. The summed E-state index contributed by atoms with van der Waals surface area (Å²) in [6, 6.07) is 15.2. The zero-order chi connectivity index (χ0) is 14.1. The monoisotopic (exact) mass is 287 g/mol. The third kappa shape index (κ3) is 2.10. The lowest BCUT2D eigenvalue weighted by molar-refractivity contribution is -0.120. The smallest absolute Gasteiger partial charge is 0.270 e. The van der Waals surface area contributed by atoms with E-state index in [1.807, 2.05) is 0 Å². The van der Waals surface area contributed by atoms with Crippen molar-refractivity contribution in [3.63, 3.8) is 0 Å². The first-order valence-electron chi connectivity index (χ1n) is 6.01. The van der Waals surface area contributed by atoms with Gasteiger partial charge in [-0.05, 0) is 24.3 Å². The maximum atomic E-state index is 13.8. The summed E-state index contributed by atoms with van der Waals surface area (Å²) < 4.78 is 13.8. The summed E-state index contributed by atoms with van der Waals surface area (Å²) >= 11 is 0.826. The molecule has 3 nitrogen and oxygen atoms in total. The molecule has 0 aromatic heterocycles. The van der Waals surface area contributed by atoms with Gasteiger partial charge in [-0.15, -0.1) is 0 Å². The minimum Gasteiger partial charge on any atom is -0.270 e. The van der Waals surface area contributed by atoms with Gasteiger partial charge in [-0.1, -0.05) is 42.1 Å². The van der Waals surface area contributed by atoms with E-state index in [4.69, 9.17) is 0 Å². The first-order chi connectivity index (χ1) is 9.68. The summed E-state index contributed by atoms with van der Waals surface area (Å²) in [7, 11) is 0. The largest absolute Gasteiger partial charge is 0.279 e. The van der Waals surface area contributed by atoms with Gasteiger partial charge in [-0.3, -0.25) is 9.59 Å². The molecule has 1 heterocycles. The predicted octanol–water partition coefficient (Wildman–Crippen LogP) is 3.26. The number of anilines is 1. The molecule has 0 bridgehead atoms. The molecule has 5 heteroatoms. The molecular formula is C15H10FNO2S. The first kappa shape index (κ1) is 12.9. The van der Waals surface area contributed by atoms with Crippen LogP contribution in [0, 0.1) is 0 Å². The number of fused-ring (bicyclic) bond motifs is 1. The minimum atomic E-state index is -1.75. The topological polar surface area (TPSA) is 37.4 Å². The number of hydrogen-bond donors (Lipinski definition) is 0. The number of alkyl halides is 1. The number of amides is 2. The molecule has 1 unspecified atom stereocenters. The molecule has 20 heavy (non-hydrogen) atoms. The van der Waals surface area contributed by atoms with Crippen molar-refractivity contribution in [2.75, 3.05) is 4.90 Å². The van der Waals surface area contributed by atoms with E-state index in [1.165, 1.54) is 0 Å². The van der Waals surface area contributed by atoms with Crippen LogP contribution in [-0.4, -0.2) is 17.3 Å². The van der Waals surface area contributed by atoms with Crippen LogP contribution in [-0.2, 0) is 4.79 Å². The highest BCUT2D eigenvalue weighted by atomic mass is 32.2. The molecule has 0 saturated carbocycles. The average molecular weight is 287 g/mol.